The summed E-state index contributed by atoms with van der Waals surface area (Å²) in [5, 5.41) is 3.49. The first-order chi connectivity index (χ1) is 10.4. The van der Waals surface area contributed by atoms with Gasteiger partial charge in [0.15, 0.2) is 0 Å². The quantitative estimate of drug-likeness (QED) is 0.740. The molecule has 3 rings (SSSR count). The number of aromatic nitrogens is 2. The van der Waals surface area contributed by atoms with Gasteiger partial charge >= 0.3 is 0 Å². The fourth-order valence-corrected chi connectivity index (χ4v) is 3.19. The van der Waals surface area contributed by atoms with E-state index in [1.807, 2.05) is 6.33 Å². The number of nitrogens with zero attached hydrogens (tertiary/aromatic N) is 3. The lowest BCUT2D eigenvalue weighted by Crippen LogP contribution is -2.37. The number of rotatable bonds is 8. The average molecular weight is 292 g/mol. The minimum atomic E-state index is 0.741. The Morgan fingerprint density at radius 1 is 1.29 bits per heavy atom. The third kappa shape index (κ3) is 4.28. The molecule has 0 bridgehead atoms. The Kier molecular flexibility index (Phi) is 5.27. The predicted molar refractivity (Wildman–Crippen MR) is 83.2 cm³/mol. The number of likely N-dealkylation sites (tertiary alicyclic amines) is 1. The summed E-state index contributed by atoms with van der Waals surface area (Å²) in [4.78, 5) is 6.92. The molecule has 2 fully saturated rings. The van der Waals surface area contributed by atoms with Crippen LogP contribution < -0.4 is 5.32 Å². The van der Waals surface area contributed by atoms with Gasteiger partial charge < -0.3 is 14.6 Å². The van der Waals surface area contributed by atoms with Gasteiger partial charge in [0, 0.05) is 32.4 Å². The Hall–Kier alpha value is -0.910. The van der Waals surface area contributed by atoms with Gasteiger partial charge in [-0.15, -0.1) is 0 Å². The third-order valence-electron chi connectivity index (χ3n) is 4.70. The van der Waals surface area contributed by atoms with Gasteiger partial charge in [-0.1, -0.05) is 0 Å². The fourth-order valence-electron chi connectivity index (χ4n) is 3.19. The van der Waals surface area contributed by atoms with Gasteiger partial charge in [-0.25, -0.2) is 4.98 Å². The lowest BCUT2D eigenvalue weighted by molar-refractivity contribution is 0.165. The Bertz CT molecular complexity index is 422. The van der Waals surface area contributed by atoms with Crippen molar-refractivity contribution in [3.8, 4) is 0 Å². The molecule has 21 heavy (non-hydrogen) atoms. The van der Waals surface area contributed by atoms with E-state index in [9.17, 15) is 0 Å². The highest BCUT2D eigenvalue weighted by Crippen LogP contribution is 2.36. The van der Waals surface area contributed by atoms with Crippen LogP contribution in [-0.2, 0) is 11.3 Å². The number of imidazole rings is 1. The van der Waals surface area contributed by atoms with Crippen LogP contribution in [0.5, 0.6) is 0 Å². The number of piperidine rings is 1. The zero-order valence-corrected chi connectivity index (χ0v) is 13.1. The molecule has 1 saturated carbocycles. The van der Waals surface area contributed by atoms with Crippen molar-refractivity contribution >= 4 is 0 Å². The maximum atomic E-state index is 5.06. The zero-order valence-electron chi connectivity index (χ0n) is 13.1. The van der Waals surface area contributed by atoms with Crippen molar-refractivity contribution in [2.24, 2.45) is 5.92 Å². The fraction of sp³-hybridized carbons (Fsp3) is 0.812. The van der Waals surface area contributed by atoms with Crippen LogP contribution in [0.1, 0.15) is 37.4 Å². The highest BCUT2D eigenvalue weighted by Gasteiger charge is 2.26. The summed E-state index contributed by atoms with van der Waals surface area (Å²) in [6.45, 7) is 6.41. The molecule has 1 aromatic rings. The van der Waals surface area contributed by atoms with Crippen LogP contribution in [0.25, 0.3) is 0 Å². The van der Waals surface area contributed by atoms with Crippen molar-refractivity contribution in [3.63, 3.8) is 0 Å². The van der Waals surface area contributed by atoms with Crippen LogP contribution >= 0.6 is 0 Å². The standard InChI is InChI=1S/C16H28N4O/c1-21-9-6-17-10-14-4-7-19(8-5-14)12-16-11-18-13-20(16)15-2-3-15/h11,13-15,17H,2-10,12H2,1H3. The molecule has 2 aliphatic rings. The SMILES string of the molecule is COCCNCC1CCN(Cc2cncn2C2CC2)CC1. The van der Waals surface area contributed by atoms with Crippen LogP contribution in [0, 0.1) is 5.92 Å². The molecule has 5 heteroatoms. The average Bonchev–Trinajstić information content (AvgIpc) is 3.25. The monoisotopic (exact) mass is 292 g/mol. The van der Waals surface area contributed by atoms with E-state index in [1.54, 1.807) is 7.11 Å². The van der Waals surface area contributed by atoms with E-state index in [0.29, 0.717) is 0 Å². The second-order valence-electron chi connectivity index (χ2n) is 6.44. The van der Waals surface area contributed by atoms with Gasteiger partial charge in [0.25, 0.3) is 0 Å². The Labute approximate surface area is 127 Å². The van der Waals surface area contributed by atoms with Crippen LogP contribution in [0.3, 0.4) is 0 Å². The lowest BCUT2D eigenvalue weighted by atomic mass is 9.96. The molecule has 1 aliphatic carbocycles. The molecular weight excluding hydrogens is 264 g/mol. The van der Waals surface area contributed by atoms with E-state index >= 15 is 0 Å². The molecule has 2 heterocycles. The number of hydrogen-bond acceptors (Lipinski definition) is 4. The van der Waals surface area contributed by atoms with Crippen molar-refractivity contribution in [1.82, 2.24) is 19.8 Å². The van der Waals surface area contributed by atoms with Crippen molar-refractivity contribution < 1.29 is 4.74 Å². The largest absolute Gasteiger partial charge is 0.383 e. The molecule has 1 N–H and O–H groups in total. The summed E-state index contributed by atoms with van der Waals surface area (Å²) in [6, 6.07) is 0.741. The van der Waals surface area contributed by atoms with Crippen LogP contribution in [0.4, 0.5) is 0 Å². The normalized spacial score (nSPS) is 21.0. The summed E-state index contributed by atoms with van der Waals surface area (Å²) in [7, 11) is 1.76. The maximum Gasteiger partial charge on any atom is 0.0951 e. The first-order valence-electron chi connectivity index (χ1n) is 8.29. The Morgan fingerprint density at radius 3 is 2.81 bits per heavy atom. The summed E-state index contributed by atoms with van der Waals surface area (Å²) in [6.07, 6.45) is 9.34. The third-order valence-corrected chi connectivity index (χ3v) is 4.70. The molecule has 0 spiro atoms. The molecule has 1 aromatic heterocycles. The molecule has 0 amide bonds. The van der Waals surface area contributed by atoms with Gasteiger partial charge in [-0.05, 0) is 51.2 Å². The molecule has 0 atom stereocenters. The summed E-state index contributed by atoms with van der Waals surface area (Å²) in [5.74, 6) is 0.825. The van der Waals surface area contributed by atoms with Crippen molar-refractivity contribution in [2.45, 2.75) is 38.3 Å². The minimum Gasteiger partial charge on any atom is -0.383 e. The van der Waals surface area contributed by atoms with Crippen LogP contribution in [0.2, 0.25) is 0 Å². The van der Waals surface area contributed by atoms with Gasteiger partial charge in [0.1, 0.15) is 0 Å². The van der Waals surface area contributed by atoms with E-state index in [0.717, 1.165) is 38.2 Å². The van der Waals surface area contributed by atoms with E-state index in [1.165, 1.54) is 44.5 Å². The first kappa shape index (κ1) is 15.0. The van der Waals surface area contributed by atoms with E-state index < -0.39 is 0 Å². The zero-order chi connectivity index (χ0) is 14.5. The summed E-state index contributed by atoms with van der Waals surface area (Å²) < 4.78 is 7.45. The van der Waals surface area contributed by atoms with Crippen LogP contribution in [-0.4, -0.2) is 54.3 Å². The van der Waals surface area contributed by atoms with Gasteiger partial charge in [-0.3, -0.25) is 4.90 Å². The first-order valence-corrected chi connectivity index (χ1v) is 8.29. The number of methoxy groups -OCH3 is 1. The van der Waals surface area contributed by atoms with Crippen LogP contribution in [0.15, 0.2) is 12.5 Å². The molecule has 5 nitrogen and oxygen atoms in total. The van der Waals surface area contributed by atoms with E-state index in [4.69, 9.17) is 4.74 Å². The summed E-state index contributed by atoms with van der Waals surface area (Å²) >= 11 is 0. The minimum absolute atomic E-state index is 0.741. The molecular formula is C16H28N4O. The lowest BCUT2D eigenvalue weighted by Gasteiger charge is -2.32. The number of ether oxygens (including phenoxy) is 1. The highest BCUT2D eigenvalue weighted by atomic mass is 16.5. The number of hydrogen-bond donors (Lipinski definition) is 1. The second kappa shape index (κ2) is 7.38. The molecule has 0 aromatic carbocycles. The van der Waals surface area contributed by atoms with Gasteiger partial charge in [-0.2, -0.15) is 0 Å². The smallest absolute Gasteiger partial charge is 0.0951 e. The van der Waals surface area contributed by atoms with E-state index in [2.05, 4.69) is 26.0 Å². The van der Waals surface area contributed by atoms with Gasteiger partial charge in [0.05, 0.1) is 18.6 Å². The van der Waals surface area contributed by atoms with Crippen molar-refractivity contribution in [2.75, 3.05) is 39.9 Å². The molecule has 118 valence electrons. The van der Waals surface area contributed by atoms with E-state index in [-0.39, 0.29) is 0 Å². The van der Waals surface area contributed by atoms with Gasteiger partial charge in [0.2, 0.25) is 0 Å². The van der Waals surface area contributed by atoms with Crippen molar-refractivity contribution in [1.29, 1.82) is 0 Å². The molecule has 0 unspecified atom stereocenters. The maximum absolute atomic E-state index is 5.06. The molecule has 1 aliphatic heterocycles. The van der Waals surface area contributed by atoms with Crippen molar-refractivity contribution in [3.05, 3.63) is 18.2 Å². The topological polar surface area (TPSA) is 42.3 Å². The predicted octanol–water partition coefficient (Wildman–Crippen LogP) is 1.67. The Balaban J connectivity index is 1.38. The molecule has 1 saturated heterocycles. The highest BCUT2D eigenvalue weighted by molar-refractivity contribution is 5.03. The molecule has 0 radical (unpaired) electrons. The second-order valence-corrected chi connectivity index (χ2v) is 6.44. The number of nitrogens with one attached hydrogen (secondary N) is 1. The Morgan fingerprint density at radius 2 is 2.10 bits per heavy atom. The summed E-state index contributed by atoms with van der Waals surface area (Å²) in [5.41, 5.74) is 1.40.